The van der Waals surface area contributed by atoms with Crippen molar-refractivity contribution in [2.45, 2.75) is 42.7 Å². The highest BCUT2D eigenvalue weighted by atomic mass is 19.4. The zero-order chi connectivity index (χ0) is 26.4. The van der Waals surface area contributed by atoms with E-state index in [0.717, 1.165) is 24.3 Å². The van der Waals surface area contributed by atoms with Crippen molar-refractivity contribution in [2.75, 3.05) is 0 Å². The molecule has 2 rings (SSSR count). The van der Waals surface area contributed by atoms with Gasteiger partial charge in [0.15, 0.2) is 0 Å². The van der Waals surface area contributed by atoms with Gasteiger partial charge in [-0.25, -0.2) is 0 Å². The standard InChI is InChI=1S/C21H13F13/c1-12-7-9-14(10-8-12)15(13-5-3-2-4-6-13)11-16(22,23)17(24,25)18(26,27)19(28,29)20(30,31)21(32,33)34/h2-11H,1H3/b15-11-. The van der Waals surface area contributed by atoms with E-state index in [1.807, 2.05) is 0 Å². The third kappa shape index (κ3) is 4.36. The first-order valence-electron chi connectivity index (χ1n) is 9.02. The van der Waals surface area contributed by atoms with E-state index in [4.69, 9.17) is 0 Å². The van der Waals surface area contributed by atoms with Crippen molar-refractivity contribution in [1.29, 1.82) is 0 Å². The lowest BCUT2D eigenvalue weighted by Gasteiger charge is -2.39. The smallest absolute Gasteiger partial charge is 0.195 e. The van der Waals surface area contributed by atoms with Crippen molar-refractivity contribution >= 4 is 5.57 Å². The molecule has 0 N–H and O–H groups in total. The monoisotopic (exact) mass is 512 g/mol. The zero-order valence-electron chi connectivity index (χ0n) is 16.7. The van der Waals surface area contributed by atoms with E-state index in [1.54, 1.807) is 6.92 Å². The third-order valence-corrected chi connectivity index (χ3v) is 4.73. The van der Waals surface area contributed by atoms with Gasteiger partial charge in [0, 0.05) is 0 Å². The maximum Gasteiger partial charge on any atom is 0.460 e. The number of alkyl halides is 13. The number of aryl methyl sites for hydroxylation is 1. The largest absolute Gasteiger partial charge is 0.460 e. The average molecular weight is 512 g/mol. The van der Waals surface area contributed by atoms with E-state index in [1.165, 1.54) is 30.3 Å². The van der Waals surface area contributed by atoms with Crippen LogP contribution in [0.4, 0.5) is 57.1 Å². The van der Waals surface area contributed by atoms with Crippen molar-refractivity contribution in [3.8, 4) is 0 Å². The van der Waals surface area contributed by atoms with Crippen LogP contribution in [0.5, 0.6) is 0 Å². The van der Waals surface area contributed by atoms with E-state index in [9.17, 15) is 57.1 Å². The molecule has 0 spiro atoms. The van der Waals surface area contributed by atoms with Gasteiger partial charge in [0.1, 0.15) is 0 Å². The van der Waals surface area contributed by atoms with Gasteiger partial charge in [-0.2, -0.15) is 57.1 Å². The van der Waals surface area contributed by atoms with Gasteiger partial charge in [0.25, 0.3) is 0 Å². The normalized spacial score (nSPS) is 14.9. The van der Waals surface area contributed by atoms with Crippen molar-refractivity contribution in [3.63, 3.8) is 0 Å². The van der Waals surface area contributed by atoms with Crippen LogP contribution < -0.4 is 0 Å². The number of halogens is 13. The van der Waals surface area contributed by atoms with E-state index in [-0.39, 0.29) is 11.1 Å². The van der Waals surface area contributed by atoms with Crippen LogP contribution in [0.3, 0.4) is 0 Å². The number of hydrogen-bond donors (Lipinski definition) is 0. The molecule has 0 bridgehead atoms. The van der Waals surface area contributed by atoms with Crippen molar-refractivity contribution in [3.05, 3.63) is 77.4 Å². The molecule has 13 heteroatoms. The Balaban J connectivity index is 2.71. The second kappa shape index (κ2) is 8.49. The molecule has 0 atom stereocenters. The molecule has 0 saturated carbocycles. The predicted molar refractivity (Wildman–Crippen MR) is 95.5 cm³/mol. The number of hydrogen-bond acceptors (Lipinski definition) is 0. The molecule has 0 aliphatic heterocycles. The quantitative estimate of drug-likeness (QED) is 0.329. The summed E-state index contributed by atoms with van der Waals surface area (Å²) in [6, 6.07) is 10.7. The van der Waals surface area contributed by atoms with Crippen LogP contribution in [-0.2, 0) is 0 Å². The fourth-order valence-electron chi connectivity index (χ4n) is 2.74. The molecule has 0 amide bonds. The maximum atomic E-state index is 14.4. The fraction of sp³-hybridized carbons (Fsp3) is 0.333. The summed E-state index contributed by atoms with van der Waals surface area (Å²) in [6.07, 6.45) is -8.32. The predicted octanol–water partition coefficient (Wildman–Crippen LogP) is 8.17. The van der Waals surface area contributed by atoms with Crippen LogP contribution >= 0.6 is 0 Å². The molecule has 0 saturated heterocycles. The summed E-state index contributed by atoms with van der Waals surface area (Å²) in [5, 5.41) is 0. The topological polar surface area (TPSA) is 0 Å². The van der Waals surface area contributed by atoms with E-state index >= 15 is 0 Å². The Kier molecular flexibility index (Phi) is 6.87. The first kappa shape index (κ1) is 27.5. The van der Waals surface area contributed by atoms with E-state index in [2.05, 4.69) is 0 Å². The molecule has 0 heterocycles. The maximum absolute atomic E-state index is 14.4. The molecule has 0 aliphatic carbocycles. The lowest BCUT2D eigenvalue weighted by atomic mass is 9.90. The highest BCUT2D eigenvalue weighted by Crippen LogP contribution is 2.60. The Morgan fingerprint density at radius 2 is 0.941 bits per heavy atom. The Morgan fingerprint density at radius 3 is 1.38 bits per heavy atom. The Labute approximate surface area is 183 Å². The van der Waals surface area contributed by atoms with E-state index < -0.39 is 47.4 Å². The fourth-order valence-corrected chi connectivity index (χ4v) is 2.74. The lowest BCUT2D eigenvalue weighted by Crippen LogP contribution is -2.69. The van der Waals surface area contributed by atoms with Crippen LogP contribution in [0.1, 0.15) is 16.7 Å². The van der Waals surface area contributed by atoms with Gasteiger partial charge in [-0.1, -0.05) is 60.2 Å². The second-order valence-electron chi connectivity index (χ2n) is 7.21. The summed E-state index contributed by atoms with van der Waals surface area (Å²) in [7, 11) is 0. The van der Waals surface area contributed by atoms with Gasteiger partial charge in [-0.15, -0.1) is 0 Å². The van der Waals surface area contributed by atoms with E-state index in [0.29, 0.717) is 5.56 Å². The lowest BCUT2D eigenvalue weighted by molar-refractivity contribution is -0.436. The minimum Gasteiger partial charge on any atom is -0.195 e. The first-order chi connectivity index (χ1) is 15.2. The second-order valence-corrected chi connectivity index (χ2v) is 7.21. The van der Waals surface area contributed by atoms with Gasteiger partial charge in [-0.3, -0.25) is 0 Å². The minimum atomic E-state index is -7.93. The van der Waals surface area contributed by atoms with Gasteiger partial charge >= 0.3 is 35.8 Å². The van der Waals surface area contributed by atoms with Crippen LogP contribution in [-0.4, -0.2) is 35.8 Å². The molecule has 34 heavy (non-hydrogen) atoms. The summed E-state index contributed by atoms with van der Waals surface area (Å²) >= 11 is 0. The molecule has 0 nitrogen and oxygen atoms in total. The molecule has 2 aromatic rings. The molecule has 0 aromatic heterocycles. The van der Waals surface area contributed by atoms with Gasteiger partial charge in [0.05, 0.1) is 0 Å². The highest BCUT2D eigenvalue weighted by Gasteiger charge is 2.90. The molecular formula is C21H13F13. The van der Waals surface area contributed by atoms with Crippen LogP contribution in [0.2, 0.25) is 0 Å². The number of rotatable bonds is 7. The summed E-state index contributed by atoms with van der Waals surface area (Å²) in [6.45, 7) is 1.54. The van der Waals surface area contributed by atoms with Crippen molar-refractivity contribution in [2.24, 2.45) is 0 Å². The average Bonchev–Trinajstić information content (AvgIpc) is 2.72. The van der Waals surface area contributed by atoms with Crippen LogP contribution in [0, 0.1) is 6.92 Å². The Hall–Kier alpha value is -2.73. The zero-order valence-corrected chi connectivity index (χ0v) is 16.7. The Bertz CT molecular complexity index is 1020. The van der Waals surface area contributed by atoms with Crippen molar-refractivity contribution in [1.82, 2.24) is 0 Å². The summed E-state index contributed by atoms with van der Waals surface area (Å²) in [5.41, 5.74) is -0.929. The molecule has 188 valence electrons. The van der Waals surface area contributed by atoms with Gasteiger partial charge in [0.2, 0.25) is 0 Å². The van der Waals surface area contributed by atoms with Crippen LogP contribution in [0.15, 0.2) is 60.7 Å². The molecule has 0 aliphatic rings. The molecular weight excluding hydrogens is 499 g/mol. The number of benzene rings is 2. The number of allylic oxidation sites excluding steroid dienone is 1. The summed E-state index contributed by atoms with van der Waals surface area (Å²) in [5.74, 6) is -37.2. The summed E-state index contributed by atoms with van der Waals surface area (Å²) < 4.78 is 174. The minimum absolute atomic E-state index is 0.289. The van der Waals surface area contributed by atoms with Crippen molar-refractivity contribution < 1.29 is 57.1 Å². The Morgan fingerprint density at radius 1 is 0.529 bits per heavy atom. The molecule has 0 radical (unpaired) electrons. The molecule has 0 unspecified atom stereocenters. The summed E-state index contributed by atoms with van der Waals surface area (Å²) in [4.78, 5) is 0. The van der Waals surface area contributed by atoms with Crippen LogP contribution in [0.25, 0.3) is 5.57 Å². The molecule has 2 aromatic carbocycles. The first-order valence-corrected chi connectivity index (χ1v) is 9.02. The molecule has 0 fully saturated rings. The SMILES string of the molecule is Cc1ccc(/C(=C\C(F)(F)C(F)(F)C(F)(F)C(F)(F)C(F)(F)C(F)(F)F)c2ccccc2)cc1. The van der Waals surface area contributed by atoms with Gasteiger partial charge < -0.3 is 0 Å². The highest BCUT2D eigenvalue weighted by molar-refractivity contribution is 5.80. The van der Waals surface area contributed by atoms with Gasteiger partial charge in [-0.05, 0) is 29.7 Å². The third-order valence-electron chi connectivity index (χ3n) is 4.73.